The Balaban J connectivity index is 0.00000306. The first-order valence-electron chi connectivity index (χ1n) is 11.5. The summed E-state index contributed by atoms with van der Waals surface area (Å²) in [5, 5.41) is 8.23. The summed E-state index contributed by atoms with van der Waals surface area (Å²) in [5.74, 6) is 0.841. The van der Waals surface area contributed by atoms with Gasteiger partial charge in [0, 0.05) is 23.8 Å². The third kappa shape index (κ3) is 5.59. The summed E-state index contributed by atoms with van der Waals surface area (Å²) in [5.41, 5.74) is 5.72. The zero-order chi connectivity index (χ0) is 22.6. The van der Waals surface area contributed by atoms with Crippen molar-refractivity contribution in [2.24, 2.45) is 0 Å². The number of hydrogen-bond donors (Lipinski definition) is 4. The summed E-state index contributed by atoms with van der Waals surface area (Å²) in [6, 6.07) is 21.4. The fraction of sp³-hybridized carbons (Fsp3) is 0.333. The molecule has 2 aromatic carbocycles. The average molecular weight is 445 g/mol. The highest BCUT2D eigenvalue weighted by atomic mass is 15.1. The van der Waals surface area contributed by atoms with Crippen LogP contribution in [0.25, 0.3) is 22.3 Å². The molecule has 0 amide bonds. The van der Waals surface area contributed by atoms with Gasteiger partial charge in [-0.1, -0.05) is 68.4 Å². The van der Waals surface area contributed by atoms with E-state index >= 15 is 0 Å². The summed E-state index contributed by atoms with van der Waals surface area (Å²) in [4.78, 5) is 12.4. The third-order valence-corrected chi connectivity index (χ3v) is 6.62. The first-order chi connectivity index (χ1) is 15.5. The molecule has 0 saturated carbocycles. The van der Waals surface area contributed by atoms with E-state index in [1.807, 2.05) is 6.07 Å². The molecule has 2 heterocycles. The lowest BCUT2D eigenvalue weighted by Crippen LogP contribution is -2.40. The Hall–Kier alpha value is -3.22. The highest BCUT2D eigenvalue weighted by Gasteiger charge is 2.18. The Morgan fingerprint density at radius 2 is 1.67 bits per heavy atom. The molecule has 0 unspecified atom stereocenters. The number of nitrogens with one attached hydrogen (secondary N) is 3. The van der Waals surface area contributed by atoms with E-state index in [1.54, 1.807) is 6.33 Å². The predicted octanol–water partition coefficient (Wildman–Crippen LogP) is 6.63. The van der Waals surface area contributed by atoms with Crippen molar-refractivity contribution in [1.82, 2.24) is 26.4 Å². The smallest absolute Gasteiger partial charge is 0.143 e. The van der Waals surface area contributed by atoms with Crippen LogP contribution in [0.15, 0.2) is 67.0 Å². The largest absolute Gasteiger partial charge is 0.363 e. The van der Waals surface area contributed by atoms with Crippen LogP contribution in [0.2, 0.25) is 0 Å². The van der Waals surface area contributed by atoms with Crippen LogP contribution in [0.1, 0.15) is 57.7 Å². The molecule has 4 aromatic rings. The zero-order valence-electron chi connectivity index (χ0n) is 20.2. The van der Waals surface area contributed by atoms with Gasteiger partial charge in [-0.05, 0) is 49.4 Å². The molecule has 0 saturated heterocycles. The van der Waals surface area contributed by atoms with Crippen molar-refractivity contribution in [3.63, 3.8) is 0 Å². The number of hydrogen-bond acceptors (Lipinski definition) is 5. The van der Waals surface area contributed by atoms with Crippen molar-refractivity contribution >= 4 is 16.9 Å². The van der Waals surface area contributed by atoms with Crippen LogP contribution in [0.5, 0.6) is 0 Å². The van der Waals surface area contributed by atoms with Gasteiger partial charge in [-0.3, -0.25) is 0 Å². The van der Waals surface area contributed by atoms with Crippen molar-refractivity contribution < 1.29 is 0 Å². The summed E-state index contributed by atoms with van der Waals surface area (Å²) >= 11 is 0. The van der Waals surface area contributed by atoms with Gasteiger partial charge in [0.05, 0.1) is 5.39 Å². The molecular weight excluding hydrogens is 408 g/mol. The maximum absolute atomic E-state index is 4.51. The van der Waals surface area contributed by atoms with Gasteiger partial charge in [-0.15, -0.1) is 0 Å². The number of H-pyrrole nitrogens is 1. The highest BCUT2D eigenvalue weighted by molar-refractivity contribution is 5.91. The number of aromatic nitrogens is 3. The normalized spacial score (nSPS) is 12.4. The molecule has 1 atom stereocenters. The van der Waals surface area contributed by atoms with E-state index in [0.29, 0.717) is 0 Å². The van der Waals surface area contributed by atoms with Gasteiger partial charge in [0.25, 0.3) is 0 Å². The summed E-state index contributed by atoms with van der Waals surface area (Å²) in [6.45, 7) is 9.79. The van der Waals surface area contributed by atoms with Crippen molar-refractivity contribution in [2.75, 3.05) is 5.32 Å². The van der Waals surface area contributed by atoms with E-state index in [0.717, 1.165) is 47.5 Å². The molecule has 0 fully saturated rings. The standard InChI is InChI=1S/C27H33N5.H3N/c1-5-27(4,6-2)30-17-20-12-14-22(15-13-20)24-16-23-25(28-18-29-26(23)32-24)31-19(3)21-10-8-7-9-11-21;/h7-16,18-19,30H,5-6,17H2,1-4H3,(H2,28,29,31,32);1H3/t19-;/m1./s1. The summed E-state index contributed by atoms with van der Waals surface area (Å²) < 4.78 is 0. The van der Waals surface area contributed by atoms with Crippen LogP contribution in [0.3, 0.4) is 0 Å². The maximum Gasteiger partial charge on any atom is 0.143 e. The fourth-order valence-corrected chi connectivity index (χ4v) is 3.86. The van der Waals surface area contributed by atoms with E-state index in [1.165, 1.54) is 11.1 Å². The molecule has 0 bridgehead atoms. The van der Waals surface area contributed by atoms with Gasteiger partial charge in [0.15, 0.2) is 0 Å². The lowest BCUT2D eigenvalue weighted by atomic mass is 9.95. The van der Waals surface area contributed by atoms with E-state index in [-0.39, 0.29) is 17.7 Å². The van der Waals surface area contributed by atoms with Gasteiger partial charge >= 0.3 is 0 Å². The first-order valence-corrected chi connectivity index (χ1v) is 11.5. The topological polar surface area (TPSA) is 101 Å². The Morgan fingerprint density at radius 1 is 0.970 bits per heavy atom. The van der Waals surface area contributed by atoms with E-state index in [4.69, 9.17) is 0 Å². The van der Waals surface area contributed by atoms with Crippen LogP contribution in [-0.2, 0) is 6.54 Å². The molecule has 0 spiro atoms. The molecule has 6 nitrogen and oxygen atoms in total. The minimum absolute atomic E-state index is 0. The van der Waals surface area contributed by atoms with Gasteiger partial charge in [0.2, 0.25) is 0 Å². The molecule has 2 aromatic heterocycles. The molecule has 0 aliphatic heterocycles. The molecule has 0 aliphatic carbocycles. The van der Waals surface area contributed by atoms with Crippen LogP contribution >= 0.6 is 0 Å². The molecule has 174 valence electrons. The molecular formula is C27H36N6. The lowest BCUT2D eigenvalue weighted by Gasteiger charge is -2.28. The van der Waals surface area contributed by atoms with E-state index in [2.05, 4.69) is 108 Å². The SMILES string of the molecule is CCC(C)(CC)NCc1ccc(-c2cc3c(N[C@H](C)c4ccccc4)ncnc3[nH]2)cc1.N. The van der Waals surface area contributed by atoms with Crippen molar-refractivity contribution in [2.45, 2.75) is 58.7 Å². The minimum Gasteiger partial charge on any atom is -0.363 e. The van der Waals surface area contributed by atoms with Crippen LogP contribution in [0, 0.1) is 0 Å². The van der Waals surface area contributed by atoms with Crippen molar-refractivity contribution in [1.29, 1.82) is 0 Å². The summed E-state index contributed by atoms with van der Waals surface area (Å²) in [7, 11) is 0. The second-order valence-electron chi connectivity index (χ2n) is 8.76. The number of fused-ring (bicyclic) bond motifs is 1. The Morgan fingerprint density at radius 3 is 2.33 bits per heavy atom. The number of aromatic amines is 1. The Kier molecular flexibility index (Phi) is 7.84. The van der Waals surface area contributed by atoms with Gasteiger partial charge in [-0.2, -0.15) is 0 Å². The number of benzene rings is 2. The Labute approximate surface area is 196 Å². The third-order valence-electron chi connectivity index (χ3n) is 6.62. The Bertz CT molecular complexity index is 1150. The van der Waals surface area contributed by atoms with E-state index in [9.17, 15) is 0 Å². The number of rotatable bonds is 9. The minimum atomic E-state index is 0. The predicted molar refractivity (Wildman–Crippen MR) is 139 cm³/mol. The fourth-order valence-electron chi connectivity index (χ4n) is 3.86. The first kappa shape index (κ1) is 24.4. The second kappa shape index (κ2) is 10.6. The molecule has 6 heteroatoms. The molecule has 6 N–H and O–H groups in total. The lowest BCUT2D eigenvalue weighted by molar-refractivity contribution is 0.329. The zero-order valence-corrected chi connectivity index (χ0v) is 20.2. The van der Waals surface area contributed by atoms with Gasteiger partial charge < -0.3 is 21.8 Å². The quantitative estimate of drug-likeness (QED) is 0.232. The number of nitrogens with zero attached hydrogens (tertiary/aromatic N) is 2. The van der Waals surface area contributed by atoms with Crippen LogP contribution in [0.4, 0.5) is 5.82 Å². The molecule has 0 aliphatic rings. The van der Waals surface area contributed by atoms with E-state index < -0.39 is 0 Å². The summed E-state index contributed by atoms with van der Waals surface area (Å²) in [6.07, 6.45) is 3.85. The maximum atomic E-state index is 4.51. The van der Waals surface area contributed by atoms with Crippen molar-refractivity contribution in [3.8, 4) is 11.3 Å². The monoisotopic (exact) mass is 444 g/mol. The molecule has 33 heavy (non-hydrogen) atoms. The second-order valence-corrected chi connectivity index (χ2v) is 8.76. The van der Waals surface area contributed by atoms with Crippen LogP contribution < -0.4 is 16.8 Å². The van der Waals surface area contributed by atoms with Gasteiger partial charge in [-0.25, -0.2) is 9.97 Å². The molecule has 0 radical (unpaired) electrons. The van der Waals surface area contributed by atoms with Gasteiger partial charge in [0.1, 0.15) is 17.8 Å². The number of anilines is 1. The molecule has 4 rings (SSSR count). The highest BCUT2D eigenvalue weighted by Crippen LogP contribution is 2.29. The average Bonchev–Trinajstić information content (AvgIpc) is 3.29. The van der Waals surface area contributed by atoms with Crippen LogP contribution in [-0.4, -0.2) is 20.5 Å². The van der Waals surface area contributed by atoms with Crippen molar-refractivity contribution in [3.05, 3.63) is 78.1 Å².